The van der Waals surface area contributed by atoms with Crippen molar-refractivity contribution in [3.05, 3.63) is 47.2 Å². The molecule has 0 bridgehead atoms. The molecule has 0 aliphatic heterocycles. The summed E-state index contributed by atoms with van der Waals surface area (Å²) in [6.45, 7) is 0. The van der Waals surface area contributed by atoms with Crippen molar-refractivity contribution in [1.29, 1.82) is 0 Å². The van der Waals surface area contributed by atoms with Crippen LogP contribution in [-0.2, 0) is 0 Å². The zero-order chi connectivity index (χ0) is 11.7. The van der Waals surface area contributed by atoms with Crippen molar-refractivity contribution < 1.29 is 14.6 Å². The summed E-state index contributed by atoms with van der Waals surface area (Å²) in [4.78, 5) is 0. The summed E-state index contributed by atoms with van der Waals surface area (Å²) >= 11 is 5.67. The topological polar surface area (TPSA) is 40.5 Å². The first-order chi connectivity index (χ1) is 7.59. The number of rotatable bonds is 1. The van der Waals surface area contributed by atoms with Crippen LogP contribution in [0.15, 0.2) is 36.4 Å². The maximum Gasteiger partial charge on any atom is 0.134 e. The molecular formula is C12H8ClFO2. The quantitative estimate of drug-likeness (QED) is 0.798. The van der Waals surface area contributed by atoms with Gasteiger partial charge in [-0.25, -0.2) is 4.39 Å². The molecule has 0 aromatic heterocycles. The molecule has 2 rings (SSSR count). The average molecular weight is 239 g/mol. The second-order valence-electron chi connectivity index (χ2n) is 3.30. The van der Waals surface area contributed by atoms with Gasteiger partial charge >= 0.3 is 0 Å². The number of aromatic hydroxyl groups is 2. The Morgan fingerprint density at radius 2 is 1.75 bits per heavy atom. The molecular weight excluding hydrogens is 231 g/mol. The van der Waals surface area contributed by atoms with Gasteiger partial charge in [0.05, 0.1) is 5.56 Å². The highest BCUT2D eigenvalue weighted by Gasteiger charge is 2.13. The van der Waals surface area contributed by atoms with Crippen LogP contribution in [0.1, 0.15) is 0 Å². The van der Waals surface area contributed by atoms with Crippen molar-refractivity contribution >= 4 is 11.6 Å². The molecule has 0 radical (unpaired) electrons. The van der Waals surface area contributed by atoms with Crippen molar-refractivity contribution in [3.8, 4) is 22.6 Å². The summed E-state index contributed by atoms with van der Waals surface area (Å²) in [7, 11) is 0. The normalized spacial score (nSPS) is 10.4. The largest absolute Gasteiger partial charge is 0.507 e. The van der Waals surface area contributed by atoms with Gasteiger partial charge in [-0.1, -0.05) is 17.7 Å². The number of hydrogen-bond donors (Lipinski definition) is 2. The van der Waals surface area contributed by atoms with E-state index in [1.54, 1.807) is 0 Å². The highest BCUT2D eigenvalue weighted by atomic mass is 35.5. The van der Waals surface area contributed by atoms with E-state index in [2.05, 4.69) is 0 Å². The summed E-state index contributed by atoms with van der Waals surface area (Å²) in [6.07, 6.45) is 0. The fourth-order valence-electron chi connectivity index (χ4n) is 1.50. The summed E-state index contributed by atoms with van der Waals surface area (Å²) in [6, 6.07) is 8.22. The summed E-state index contributed by atoms with van der Waals surface area (Å²) in [5.74, 6) is -0.997. The molecule has 16 heavy (non-hydrogen) atoms. The molecule has 0 atom stereocenters. The van der Waals surface area contributed by atoms with E-state index in [1.807, 2.05) is 0 Å². The monoisotopic (exact) mass is 238 g/mol. The Kier molecular flexibility index (Phi) is 2.71. The van der Waals surface area contributed by atoms with Gasteiger partial charge in [0.15, 0.2) is 0 Å². The van der Waals surface area contributed by atoms with E-state index in [-0.39, 0.29) is 22.6 Å². The first kappa shape index (κ1) is 10.8. The van der Waals surface area contributed by atoms with E-state index >= 15 is 0 Å². The Bertz CT molecular complexity index is 520. The number of halogens is 2. The number of phenolic OH excluding ortho intramolecular Hbond substituents is 2. The molecule has 0 unspecified atom stereocenters. The van der Waals surface area contributed by atoms with Crippen LogP contribution in [0.5, 0.6) is 11.5 Å². The molecule has 0 aliphatic carbocycles. The van der Waals surface area contributed by atoms with Crippen molar-refractivity contribution in [2.45, 2.75) is 0 Å². The van der Waals surface area contributed by atoms with Gasteiger partial charge in [0.2, 0.25) is 0 Å². The SMILES string of the molecule is Oc1cc(Cl)ccc1-c1c(O)cccc1F. The predicted molar refractivity (Wildman–Crippen MR) is 60.2 cm³/mol. The van der Waals surface area contributed by atoms with Gasteiger partial charge in [-0.2, -0.15) is 0 Å². The van der Waals surface area contributed by atoms with Crippen molar-refractivity contribution in [3.63, 3.8) is 0 Å². The standard InChI is InChI=1S/C12H8ClFO2/c13-7-4-5-8(11(16)6-7)12-9(14)2-1-3-10(12)15/h1-6,15-16H. The first-order valence-electron chi connectivity index (χ1n) is 4.56. The molecule has 0 saturated heterocycles. The lowest BCUT2D eigenvalue weighted by Crippen LogP contribution is -1.85. The molecule has 4 heteroatoms. The third-order valence-electron chi connectivity index (χ3n) is 2.22. The van der Waals surface area contributed by atoms with E-state index in [9.17, 15) is 14.6 Å². The lowest BCUT2D eigenvalue weighted by Gasteiger charge is -2.08. The predicted octanol–water partition coefficient (Wildman–Crippen LogP) is 3.56. The highest BCUT2D eigenvalue weighted by Crippen LogP contribution is 2.38. The smallest absolute Gasteiger partial charge is 0.134 e. The molecule has 2 aromatic rings. The van der Waals surface area contributed by atoms with Crippen LogP contribution >= 0.6 is 11.6 Å². The van der Waals surface area contributed by atoms with Crippen LogP contribution in [0.2, 0.25) is 5.02 Å². The van der Waals surface area contributed by atoms with Crippen LogP contribution in [0.25, 0.3) is 11.1 Å². The second-order valence-corrected chi connectivity index (χ2v) is 3.73. The first-order valence-corrected chi connectivity index (χ1v) is 4.94. The molecule has 0 amide bonds. The molecule has 0 fully saturated rings. The molecule has 2 aromatic carbocycles. The Balaban J connectivity index is 2.68. The fourth-order valence-corrected chi connectivity index (χ4v) is 1.66. The maximum absolute atomic E-state index is 13.5. The van der Waals surface area contributed by atoms with Crippen LogP contribution < -0.4 is 0 Å². The second kappa shape index (κ2) is 4.02. The zero-order valence-corrected chi connectivity index (χ0v) is 8.87. The van der Waals surface area contributed by atoms with Gasteiger partial charge in [-0.15, -0.1) is 0 Å². The minimum absolute atomic E-state index is 0.0309. The van der Waals surface area contributed by atoms with Gasteiger partial charge in [0.1, 0.15) is 17.3 Å². The molecule has 0 heterocycles. The third kappa shape index (κ3) is 1.82. The van der Waals surface area contributed by atoms with E-state index in [0.717, 1.165) is 0 Å². The van der Waals surface area contributed by atoms with Crippen molar-refractivity contribution in [2.75, 3.05) is 0 Å². The van der Waals surface area contributed by atoms with Crippen molar-refractivity contribution in [2.24, 2.45) is 0 Å². The lowest BCUT2D eigenvalue weighted by molar-refractivity contribution is 0.464. The Morgan fingerprint density at radius 3 is 2.38 bits per heavy atom. The minimum atomic E-state index is -0.599. The molecule has 82 valence electrons. The summed E-state index contributed by atoms with van der Waals surface area (Å²) in [5, 5.41) is 19.5. The van der Waals surface area contributed by atoms with Crippen LogP contribution in [0.4, 0.5) is 4.39 Å². The number of hydrogen-bond acceptors (Lipinski definition) is 2. The summed E-state index contributed by atoms with van der Waals surface area (Å²) in [5.41, 5.74) is 0.177. The van der Waals surface area contributed by atoms with Gasteiger partial charge in [-0.3, -0.25) is 0 Å². The van der Waals surface area contributed by atoms with E-state index < -0.39 is 5.82 Å². The molecule has 0 saturated carbocycles. The Hall–Kier alpha value is -1.74. The Morgan fingerprint density at radius 1 is 1.00 bits per heavy atom. The maximum atomic E-state index is 13.5. The fraction of sp³-hybridized carbons (Fsp3) is 0. The molecule has 2 nitrogen and oxygen atoms in total. The van der Waals surface area contributed by atoms with Gasteiger partial charge in [0, 0.05) is 10.6 Å². The molecule has 2 N–H and O–H groups in total. The minimum Gasteiger partial charge on any atom is -0.507 e. The molecule has 0 aliphatic rings. The third-order valence-corrected chi connectivity index (χ3v) is 2.46. The summed E-state index contributed by atoms with van der Waals surface area (Å²) < 4.78 is 13.5. The van der Waals surface area contributed by atoms with E-state index in [1.165, 1.54) is 36.4 Å². The van der Waals surface area contributed by atoms with Gasteiger partial charge < -0.3 is 10.2 Å². The van der Waals surface area contributed by atoms with Gasteiger partial charge in [-0.05, 0) is 30.3 Å². The van der Waals surface area contributed by atoms with E-state index in [4.69, 9.17) is 11.6 Å². The van der Waals surface area contributed by atoms with Gasteiger partial charge in [0.25, 0.3) is 0 Å². The Labute approximate surface area is 96.5 Å². The average Bonchev–Trinajstić information content (AvgIpc) is 2.20. The number of benzene rings is 2. The lowest BCUT2D eigenvalue weighted by atomic mass is 10.0. The number of phenols is 2. The zero-order valence-electron chi connectivity index (χ0n) is 8.11. The van der Waals surface area contributed by atoms with Crippen LogP contribution in [0.3, 0.4) is 0 Å². The molecule has 0 spiro atoms. The van der Waals surface area contributed by atoms with Crippen LogP contribution in [-0.4, -0.2) is 10.2 Å². The van der Waals surface area contributed by atoms with E-state index in [0.29, 0.717) is 5.02 Å². The van der Waals surface area contributed by atoms with Crippen LogP contribution in [0, 0.1) is 5.82 Å². The highest BCUT2D eigenvalue weighted by molar-refractivity contribution is 6.30. The van der Waals surface area contributed by atoms with Crippen molar-refractivity contribution in [1.82, 2.24) is 0 Å².